The predicted molar refractivity (Wildman–Crippen MR) is 70.6 cm³/mol. The normalized spacial score (nSPS) is 12.1. The van der Waals surface area contributed by atoms with Crippen molar-refractivity contribution < 1.29 is 5.11 Å². The summed E-state index contributed by atoms with van der Waals surface area (Å²) in [6.45, 7) is 2.07. The van der Waals surface area contributed by atoms with Crippen molar-refractivity contribution in [2.45, 2.75) is 37.2 Å². The van der Waals surface area contributed by atoms with Crippen LogP contribution in [0.25, 0.3) is 0 Å². The summed E-state index contributed by atoms with van der Waals surface area (Å²) in [5, 5.41) is 9.70. The lowest BCUT2D eigenvalue weighted by Gasteiger charge is -2.09. The Kier molecular flexibility index (Phi) is 6.07. The molecule has 86 valence electrons. The summed E-state index contributed by atoms with van der Waals surface area (Å²) in [5.74, 6) is 3.33. The fourth-order valence-corrected chi connectivity index (χ4v) is 2.23. The van der Waals surface area contributed by atoms with Crippen LogP contribution in [-0.2, 0) is 0 Å². The van der Waals surface area contributed by atoms with Crippen LogP contribution < -0.4 is 0 Å². The zero-order valence-electron chi connectivity index (χ0n) is 9.65. The van der Waals surface area contributed by atoms with Gasteiger partial charge in [-0.05, 0) is 31.9 Å². The Hall–Kier alpha value is -0.910. The molecule has 0 aliphatic carbocycles. The van der Waals surface area contributed by atoms with Crippen molar-refractivity contribution in [3.05, 3.63) is 29.8 Å². The highest BCUT2D eigenvalue weighted by atomic mass is 32.2. The molecule has 16 heavy (non-hydrogen) atoms. The highest BCUT2D eigenvalue weighted by molar-refractivity contribution is 7.99. The van der Waals surface area contributed by atoms with Crippen LogP contribution in [0.5, 0.6) is 0 Å². The number of aryl methyl sites for hydroxylation is 1. The topological polar surface area (TPSA) is 20.2 Å². The first-order valence-electron chi connectivity index (χ1n) is 5.53. The van der Waals surface area contributed by atoms with Crippen LogP contribution in [0, 0.1) is 19.3 Å². The summed E-state index contributed by atoms with van der Waals surface area (Å²) in [4.78, 5) is 1.21. The van der Waals surface area contributed by atoms with Crippen molar-refractivity contribution in [1.29, 1.82) is 0 Å². The van der Waals surface area contributed by atoms with E-state index in [-0.39, 0.29) is 6.10 Å². The third-order valence-electron chi connectivity index (χ3n) is 2.32. The fraction of sp³-hybridized carbons (Fsp3) is 0.429. The van der Waals surface area contributed by atoms with Gasteiger partial charge in [-0.25, -0.2) is 0 Å². The maximum atomic E-state index is 9.70. The minimum Gasteiger partial charge on any atom is -0.392 e. The molecule has 0 fully saturated rings. The second-order valence-electron chi connectivity index (χ2n) is 3.87. The lowest BCUT2D eigenvalue weighted by molar-refractivity contribution is 0.187. The minimum absolute atomic E-state index is 0.250. The molecule has 0 aliphatic heterocycles. The summed E-state index contributed by atoms with van der Waals surface area (Å²) >= 11 is 1.69. The van der Waals surface area contributed by atoms with Gasteiger partial charge < -0.3 is 5.11 Å². The number of aliphatic hydroxyl groups is 1. The summed E-state index contributed by atoms with van der Waals surface area (Å²) < 4.78 is 0. The summed E-state index contributed by atoms with van der Waals surface area (Å²) in [6, 6.07) is 8.36. The molecule has 1 nitrogen and oxygen atoms in total. The van der Waals surface area contributed by atoms with Crippen molar-refractivity contribution in [1.82, 2.24) is 0 Å². The fourth-order valence-electron chi connectivity index (χ4n) is 1.35. The number of hydrogen-bond acceptors (Lipinski definition) is 2. The van der Waals surface area contributed by atoms with Gasteiger partial charge in [0.05, 0.1) is 6.10 Å². The minimum atomic E-state index is -0.250. The van der Waals surface area contributed by atoms with Gasteiger partial charge in [-0.2, -0.15) is 0 Å². The number of thioether (sulfide) groups is 1. The van der Waals surface area contributed by atoms with E-state index in [9.17, 15) is 5.11 Å². The van der Waals surface area contributed by atoms with Gasteiger partial charge in [-0.1, -0.05) is 17.7 Å². The molecule has 0 heterocycles. The van der Waals surface area contributed by atoms with E-state index >= 15 is 0 Å². The highest BCUT2D eigenvalue weighted by Gasteiger charge is 2.04. The maximum absolute atomic E-state index is 9.70. The molecule has 1 aromatic carbocycles. The van der Waals surface area contributed by atoms with E-state index in [4.69, 9.17) is 6.42 Å². The molecule has 0 aliphatic rings. The molecule has 1 atom stereocenters. The number of benzene rings is 1. The van der Waals surface area contributed by atoms with Gasteiger partial charge >= 0.3 is 0 Å². The number of aliphatic hydroxyl groups excluding tert-OH is 1. The summed E-state index contributed by atoms with van der Waals surface area (Å²) in [5.41, 5.74) is 1.26. The smallest absolute Gasteiger partial charge is 0.0634 e. The molecular weight excluding hydrogens is 216 g/mol. The maximum Gasteiger partial charge on any atom is 0.0634 e. The molecule has 1 N–H and O–H groups in total. The second kappa shape index (κ2) is 7.38. The van der Waals surface area contributed by atoms with Crippen molar-refractivity contribution in [2.75, 3.05) is 5.75 Å². The Bertz CT molecular complexity index is 337. The predicted octanol–water partition coefficient (Wildman–Crippen LogP) is 3.25. The van der Waals surface area contributed by atoms with Gasteiger partial charge in [-0.15, -0.1) is 24.1 Å². The summed E-state index contributed by atoms with van der Waals surface area (Å²) in [6.07, 6.45) is 7.37. The van der Waals surface area contributed by atoms with Crippen LogP contribution in [0.1, 0.15) is 24.8 Å². The molecule has 0 spiro atoms. The van der Waals surface area contributed by atoms with E-state index in [2.05, 4.69) is 37.1 Å². The van der Waals surface area contributed by atoms with E-state index in [0.29, 0.717) is 0 Å². The van der Waals surface area contributed by atoms with Gasteiger partial charge in [0.1, 0.15) is 0 Å². The van der Waals surface area contributed by atoms with Crippen LogP contribution >= 0.6 is 11.8 Å². The number of rotatable bonds is 6. The first kappa shape index (κ1) is 13.2. The number of hydrogen-bond donors (Lipinski definition) is 1. The van der Waals surface area contributed by atoms with E-state index in [1.165, 1.54) is 10.5 Å². The molecule has 1 rings (SSSR count). The standard InChI is InChI=1S/C14H18OS/c1-3-4-5-6-13(15)11-16-14-9-7-12(2)8-10-14/h1,7-10,13,15H,4-6,11H2,2H3. The van der Waals surface area contributed by atoms with E-state index < -0.39 is 0 Å². The molecule has 0 aromatic heterocycles. The Morgan fingerprint density at radius 3 is 2.69 bits per heavy atom. The number of terminal acetylenes is 1. The average molecular weight is 234 g/mol. The van der Waals surface area contributed by atoms with Gasteiger partial charge in [0.2, 0.25) is 0 Å². The molecule has 0 radical (unpaired) electrons. The Morgan fingerprint density at radius 2 is 2.06 bits per heavy atom. The van der Waals surface area contributed by atoms with Gasteiger partial charge in [0.15, 0.2) is 0 Å². The molecular formula is C14H18OS. The Balaban J connectivity index is 2.23. The van der Waals surface area contributed by atoms with Crippen LogP contribution in [0.2, 0.25) is 0 Å². The first-order valence-corrected chi connectivity index (χ1v) is 6.52. The lowest BCUT2D eigenvalue weighted by atomic mass is 10.2. The van der Waals surface area contributed by atoms with Crippen LogP contribution in [0.3, 0.4) is 0 Å². The number of unbranched alkanes of at least 4 members (excludes halogenated alkanes) is 1. The summed E-state index contributed by atoms with van der Waals surface area (Å²) in [7, 11) is 0. The first-order chi connectivity index (χ1) is 7.72. The zero-order chi connectivity index (χ0) is 11.8. The SMILES string of the molecule is C#CCCCC(O)CSc1ccc(C)cc1. The molecule has 0 saturated carbocycles. The third-order valence-corrected chi connectivity index (χ3v) is 3.48. The average Bonchev–Trinajstić information content (AvgIpc) is 2.29. The Morgan fingerprint density at radius 1 is 1.38 bits per heavy atom. The largest absolute Gasteiger partial charge is 0.392 e. The van der Waals surface area contributed by atoms with Crippen molar-refractivity contribution in [3.63, 3.8) is 0 Å². The second-order valence-corrected chi connectivity index (χ2v) is 4.97. The highest BCUT2D eigenvalue weighted by Crippen LogP contribution is 2.20. The van der Waals surface area contributed by atoms with E-state index in [0.717, 1.165) is 25.0 Å². The van der Waals surface area contributed by atoms with E-state index in [1.807, 2.05) is 0 Å². The van der Waals surface area contributed by atoms with Gasteiger partial charge in [0.25, 0.3) is 0 Å². The third kappa shape index (κ3) is 5.25. The molecule has 0 saturated heterocycles. The van der Waals surface area contributed by atoms with Crippen LogP contribution in [0.15, 0.2) is 29.2 Å². The molecule has 0 amide bonds. The van der Waals surface area contributed by atoms with Crippen LogP contribution in [0.4, 0.5) is 0 Å². The Labute approximate surface area is 102 Å². The van der Waals surface area contributed by atoms with Crippen molar-refractivity contribution in [3.8, 4) is 12.3 Å². The lowest BCUT2D eigenvalue weighted by Crippen LogP contribution is -2.09. The van der Waals surface area contributed by atoms with Crippen LogP contribution in [-0.4, -0.2) is 17.0 Å². The van der Waals surface area contributed by atoms with Crippen molar-refractivity contribution >= 4 is 11.8 Å². The molecule has 2 heteroatoms. The van der Waals surface area contributed by atoms with Gasteiger partial charge in [0, 0.05) is 17.1 Å². The molecule has 0 bridgehead atoms. The van der Waals surface area contributed by atoms with E-state index in [1.54, 1.807) is 11.8 Å². The van der Waals surface area contributed by atoms with Crippen molar-refractivity contribution in [2.24, 2.45) is 0 Å². The quantitative estimate of drug-likeness (QED) is 0.463. The molecule has 1 unspecified atom stereocenters. The van der Waals surface area contributed by atoms with Gasteiger partial charge in [-0.3, -0.25) is 0 Å². The molecule has 1 aromatic rings. The monoisotopic (exact) mass is 234 g/mol. The zero-order valence-corrected chi connectivity index (χ0v) is 10.5.